The molecule has 0 aliphatic carbocycles. The summed E-state index contributed by atoms with van der Waals surface area (Å²) in [5.74, 6) is -0.777. The predicted octanol–water partition coefficient (Wildman–Crippen LogP) is 5.25. The van der Waals surface area contributed by atoms with Crippen LogP contribution in [0.4, 0.5) is 8.78 Å². The van der Waals surface area contributed by atoms with Gasteiger partial charge in [-0.3, -0.25) is 3.97 Å². The number of nitrogens with two attached hydrogens (primary N) is 1. The Morgan fingerprint density at radius 3 is 2.65 bits per heavy atom. The molecule has 0 saturated heterocycles. The number of fused-ring (bicyclic) bond motifs is 1. The van der Waals surface area contributed by atoms with Gasteiger partial charge in [0.25, 0.3) is 0 Å². The second-order valence-corrected chi connectivity index (χ2v) is 9.37. The maximum Gasteiger partial charge on any atom is 0.133 e. The van der Waals surface area contributed by atoms with Crippen LogP contribution >= 0.6 is 47.5 Å². The summed E-state index contributed by atoms with van der Waals surface area (Å²) in [6.45, 7) is 2.07. The molecule has 1 aromatic heterocycles. The summed E-state index contributed by atoms with van der Waals surface area (Å²) in [6, 6.07) is 8.00. The third-order valence-electron chi connectivity index (χ3n) is 3.81. The zero-order chi connectivity index (χ0) is 18.1. The van der Waals surface area contributed by atoms with Gasteiger partial charge in [-0.05, 0) is 71.8 Å². The molecule has 2 nitrogen and oxygen atoms in total. The van der Waals surface area contributed by atoms with Crippen LogP contribution in [-0.2, 0) is 6.42 Å². The number of hydrogen-bond donors (Lipinski definition) is 1. The first-order chi connectivity index (χ1) is 11.9. The summed E-state index contributed by atoms with van der Waals surface area (Å²) in [5.41, 5.74) is 7.82. The van der Waals surface area contributed by atoms with Crippen molar-refractivity contribution >= 4 is 90.7 Å². The Bertz CT molecular complexity index is 981. The quantitative estimate of drug-likeness (QED) is 0.230. The van der Waals surface area contributed by atoms with E-state index in [1.807, 2.05) is 16.2 Å². The molecular formula is C17H14BrF2N2PS2Tl. The molecule has 1 radical (unpaired) electrons. The molecule has 0 aliphatic rings. The van der Waals surface area contributed by atoms with Crippen LogP contribution < -0.4 is 5.73 Å². The first-order valence-corrected chi connectivity index (χ1v) is 11.5. The number of aromatic nitrogens is 1. The minimum atomic E-state index is -0.472. The Hall–Kier alpha value is -0.0879. The van der Waals surface area contributed by atoms with Gasteiger partial charge in [0.2, 0.25) is 0 Å². The molecule has 2 aromatic carbocycles. The predicted molar refractivity (Wildman–Crippen MR) is 118 cm³/mol. The van der Waals surface area contributed by atoms with Crippen LogP contribution in [0.15, 0.2) is 41.0 Å². The van der Waals surface area contributed by atoms with E-state index in [-0.39, 0.29) is 43.7 Å². The third kappa shape index (κ3) is 4.48. The van der Waals surface area contributed by atoms with Gasteiger partial charge >= 0.3 is 0 Å². The van der Waals surface area contributed by atoms with E-state index in [4.69, 9.17) is 18.0 Å². The van der Waals surface area contributed by atoms with Crippen LogP contribution in [0.3, 0.4) is 0 Å². The summed E-state index contributed by atoms with van der Waals surface area (Å²) < 4.78 is 31.2. The van der Waals surface area contributed by atoms with Gasteiger partial charge in [-0.15, -0.1) is 0 Å². The molecule has 0 saturated carbocycles. The van der Waals surface area contributed by atoms with Crippen LogP contribution in [0, 0.1) is 11.6 Å². The van der Waals surface area contributed by atoms with Crippen molar-refractivity contribution in [1.82, 2.24) is 3.97 Å². The summed E-state index contributed by atoms with van der Waals surface area (Å²) in [7, 11) is 0.661. The molecule has 0 bridgehead atoms. The van der Waals surface area contributed by atoms with E-state index >= 15 is 0 Å². The summed E-state index contributed by atoms with van der Waals surface area (Å²) in [6.07, 6.45) is 2.24. The van der Waals surface area contributed by atoms with Gasteiger partial charge in [-0.25, -0.2) is 8.78 Å². The fourth-order valence-corrected chi connectivity index (χ4v) is 5.10. The van der Waals surface area contributed by atoms with Gasteiger partial charge in [0.05, 0.1) is 5.52 Å². The SMILES string of the molecule is CPSn1ccc2c(Br)c(Cc3ccc(F)c(C(N)=S)c3)c(F)cc21.[Tl]. The van der Waals surface area contributed by atoms with Crippen LogP contribution in [0.1, 0.15) is 16.7 Å². The molecule has 2 N–H and O–H groups in total. The van der Waals surface area contributed by atoms with Crippen molar-refractivity contribution in [3.63, 3.8) is 0 Å². The molecule has 1 unspecified atom stereocenters. The third-order valence-corrected chi connectivity index (χ3v) is 6.77. The smallest absolute Gasteiger partial charge is 0.133 e. The molecule has 1 heterocycles. The van der Waals surface area contributed by atoms with Gasteiger partial charge < -0.3 is 5.73 Å². The van der Waals surface area contributed by atoms with Crippen molar-refractivity contribution in [2.45, 2.75) is 6.42 Å². The second kappa shape index (κ2) is 9.41. The monoisotopic (exact) mass is 663 g/mol. The van der Waals surface area contributed by atoms with Crippen molar-refractivity contribution < 1.29 is 8.78 Å². The molecule has 3 rings (SSSR count). The fourth-order valence-electron chi connectivity index (χ4n) is 2.64. The van der Waals surface area contributed by atoms with Crippen molar-refractivity contribution in [2.24, 2.45) is 5.73 Å². The van der Waals surface area contributed by atoms with Gasteiger partial charge in [0.1, 0.15) is 16.6 Å². The van der Waals surface area contributed by atoms with E-state index in [2.05, 4.69) is 22.6 Å². The summed E-state index contributed by atoms with van der Waals surface area (Å²) in [5, 5.41) is 0.943. The van der Waals surface area contributed by atoms with Crippen LogP contribution in [-0.4, -0.2) is 42.9 Å². The molecule has 0 fully saturated rings. The molecule has 0 aliphatic heterocycles. The zero-order valence-corrected chi connectivity index (χ0v) is 22.4. The van der Waals surface area contributed by atoms with Crippen molar-refractivity contribution in [1.29, 1.82) is 0 Å². The molecule has 0 spiro atoms. The van der Waals surface area contributed by atoms with E-state index < -0.39 is 5.82 Å². The summed E-state index contributed by atoms with van der Waals surface area (Å²) >= 11 is 10.0. The Kier molecular flexibility index (Phi) is 8.03. The number of halogens is 3. The van der Waals surface area contributed by atoms with Gasteiger partial charge in [0, 0.05) is 60.9 Å². The average Bonchev–Trinajstić information content (AvgIpc) is 2.96. The Labute approximate surface area is 190 Å². The average molecular weight is 664 g/mol. The van der Waals surface area contributed by atoms with Crippen molar-refractivity contribution in [3.8, 4) is 0 Å². The maximum absolute atomic E-state index is 14.7. The summed E-state index contributed by atoms with van der Waals surface area (Å²) in [4.78, 5) is -0.0103. The number of benzene rings is 2. The number of hydrogen-bond acceptors (Lipinski definition) is 2. The van der Waals surface area contributed by atoms with Gasteiger partial charge in [0.15, 0.2) is 0 Å². The topological polar surface area (TPSA) is 30.9 Å². The Morgan fingerprint density at radius 2 is 2.00 bits per heavy atom. The Balaban J connectivity index is 0.00000243. The number of rotatable bonds is 5. The maximum atomic E-state index is 14.7. The van der Waals surface area contributed by atoms with Gasteiger partial charge in [-0.1, -0.05) is 18.3 Å². The van der Waals surface area contributed by atoms with Crippen LogP contribution in [0.25, 0.3) is 10.9 Å². The molecule has 3 aromatic rings. The van der Waals surface area contributed by atoms with E-state index in [1.54, 1.807) is 29.8 Å². The van der Waals surface area contributed by atoms with Crippen molar-refractivity contribution in [3.05, 3.63) is 69.3 Å². The molecule has 26 heavy (non-hydrogen) atoms. The zero-order valence-electron chi connectivity index (χ0n) is 13.7. The standard InChI is InChI=1S/C17H14BrF2N2PS2.Tl/c1-23-25-22-5-4-10-15(22)8-14(20)11(16(10)18)6-9-2-3-13(19)12(7-9)17(21)24;/h2-5,7-8,23H,6H2,1H3,(H2,21,24);. The number of thiocarbonyl (C=S) groups is 1. The normalized spacial score (nSPS) is 11.2. The number of nitrogens with zero attached hydrogens (tertiary/aromatic N) is 1. The second-order valence-electron chi connectivity index (χ2n) is 5.38. The molecule has 9 heteroatoms. The first-order valence-electron chi connectivity index (χ1n) is 7.32. The van der Waals surface area contributed by atoms with E-state index in [0.29, 0.717) is 24.2 Å². The van der Waals surface area contributed by atoms with E-state index in [9.17, 15) is 8.78 Å². The van der Waals surface area contributed by atoms with Crippen molar-refractivity contribution in [2.75, 3.05) is 6.66 Å². The molecule has 1 atom stereocenters. The molecular weight excluding hydrogens is 650 g/mol. The minimum Gasteiger partial charge on any atom is -0.389 e. The Morgan fingerprint density at radius 1 is 1.27 bits per heavy atom. The van der Waals surface area contributed by atoms with Gasteiger partial charge in [-0.2, -0.15) is 0 Å². The van der Waals surface area contributed by atoms with E-state index in [0.717, 1.165) is 16.5 Å². The first kappa shape index (κ1) is 22.2. The van der Waals surface area contributed by atoms with E-state index in [1.165, 1.54) is 6.07 Å². The fraction of sp³-hybridized carbons (Fsp3) is 0.118. The molecule has 133 valence electrons. The molecule has 0 amide bonds. The largest absolute Gasteiger partial charge is 0.389 e. The van der Waals surface area contributed by atoms with Crippen LogP contribution in [0.5, 0.6) is 0 Å². The van der Waals surface area contributed by atoms with Crippen LogP contribution in [0.2, 0.25) is 0 Å². The minimum absolute atomic E-state index is 0.